The van der Waals surface area contributed by atoms with Crippen LogP contribution in [0.1, 0.15) is 64.5 Å². The molecule has 1 aliphatic heterocycles. The molecule has 0 unspecified atom stereocenters. The Morgan fingerprint density at radius 2 is 1.96 bits per heavy atom. The van der Waals surface area contributed by atoms with Crippen molar-refractivity contribution in [2.75, 3.05) is 14.1 Å². The molecular formula is C21H28N4O3. The molecule has 0 bridgehead atoms. The zero-order valence-electron chi connectivity index (χ0n) is 17.2. The molecule has 0 saturated heterocycles. The van der Waals surface area contributed by atoms with Crippen molar-refractivity contribution in [2.45, 2.75) is 52.5 Å². The summed E-state index contributed by atoms with van der Waals surface area (Å²) < 4.78 is 7.66. The van der Waals surface area contributed by atoms with E-state index in [1.165, 1.54) is 0 Å². The minimum Gasteiger partial charge on any atom is -0.369 e. The number of aryl methyl sites for hydroxylation is 1. The fraction of sp³-hybridized carbons (Fsp3) is 0.476. The minimum atomic E-state index is -0.125. The average Bonchev–Trinajstić information content (AvgIpc) is 3.06. The van der Waals surface area contributed by atoms with Crippen molar-refractivity contribution in [1.29, 1.82) is 0 Å². The standard InChI is InChI=1S/C21H28N4O3/c1-6-25-19(17-11-13(2)28-14(3)18(17)23-25)21(27)24(5)12-15-7-9-16(10-8-15)20(26)22-4/h7-10,13-14H,6,11-12H2,1-5H3,(H,22,26)/t13-,14+/m0/s1. The Morgan fingerprint density at radius 3 is 2.57 bits per heavy atom. The van der Waals surface area contributed by atoms with E-state index in [1.807, 2.05) is 32.9 Å². The van der Waals surface area contributed by atoms with Gasteiger partial charge in [-0.2, -0.15) is 5.10 Å². The van der Waals surface area contributed by atoms with Gasteiger partial charge in [-0.1, -0.05) is 12.1 Å². The topological polar surface area (TPSA) is 76.5 Å². The molecule has 1 aromatic carbocycles. The summed E-state index contributed by atoms with van der Waals surface area (Å²) in [6.07, 6.45) is 0.641. The molecule has 2 heterocycles. The molecule has 0 spiro atoms. The van der Waals surface area contributed by atoms with Crippen molar-refractivity contribution in [3.05, 3.63) is 52.3 Å². The van der Waals surface area contributed by atoms with Gasteiger partial charge in [-0.05, 0) is 38.5 Å². The van der Waals surface area contributed by atoms with E-state index in [1.54, 1.807) is 35.8 Å². The summed E-state index contributed by atoms with van der Waals surface area (Å²) in [5, 5.41) is 7.24. The number of nitrogens with zero attached hydrogens (tertiary/aromatic N) is 3. The highest BCUT2D eigenvalue weighted by molar-refractivity contribution is 5.95. The van der Waals surface area contributed by atoms with Crippen molar-refractivity contribution in [3.8, 4) is 0 Å². The second-order valence-electron chi connectivity index (χ2n) is 7.26. The van der Waals surface area contributed by atoms with Gasteiger partial charge in [-0.15, -0.1) is 0 Å². The first-order valence-corrected chi connectivity index (χ1v) is 9.67. The summed E-state index contributed by atoms with van der Waals surface area (Å²) in [5.74, 6) is -0.174. The highest BCUT2D eigenvalue weighted by atomic mass is 16.5. The zero-order valence-corrected chi connectivity index (χ0v) is 17.2. The molecule has 0 fully saturated rings. The fourth-order valence-electron chi connectivity index (χ4n) is 3.69. The first-order chi connectivity index (χ1) is 13.3. The Hall–Kier alpha value is -2.67. The molecule has 28 heavy (non-hydrogen) atoms. The van der Waals surface area contributed by atoms with Crippen LogP contribution in [0.4, 0.5) is 0 Å². The maximum atomic E-state index is 13.3. The SMILES string of the molecule is CCn1nc2c(c1C(=O)N(C)Cc1ccc(C(=O)NC)cc1)C[C@H](C)O[C@@H]2C. The van der Waals surface area contributed by atoms with E-state index < -0.39 is 0 Å². The number of nitrogens with one attached hydrogen (secondary N) is 1. The van der Waals surface area contributed by atoms with Crippen molar-refractivity contribution < 1.29 is 14.3 Å². The van der Waals surface area contributed by atoms with Gasteiger partial charge in [0.25, 0.3) is 11.8 Å². The van der Waals surface area contributed by atoms with Gasteiger partial charge in [0.05, 0.1) is 17.9 Å². The predicted molar refractivity (Wildman–Crippen MR) is 106 cm³/mol. The Labute approximate surface area is 165 Å². The normalized spacial score (nSPS) is 18.5. The third kappa shape index (κ3) is 3.80. The number of hydrogen-bond acceptors (Lipinski definition) is 4. The Bertz CT molecular complexity index is 873. The summed E-state index contributed by atoms with van der Waals surface area (Å²) in [4.78, 5) is 26.6. The molecule has 150 valence electrons. The van der Waals surface area contributed by atoms with E-state index in [-0.39, 0.29) is 24.0 Å². The molecule has 7 nitrogen and oxygen atoms in total. The minimum absolute atomic E-state index is 0.0488. The number of carbonyl (C=O) groups excluding carboxylic acids is 2. The van der Waals surface area contributed by atoms with Crippen LogP contribution in [0.5, 0.6) is 0 Å². The summed E-state index contributed by atoms with van der Waals surface area (Å²) in [5.41, 5.74) is 4.09. The smallest absolute Gasteiger partial charge is 0.272 e. The van der Waals surface area contributed by atoms with E-state index >= 15 is 0 Å². The van der Waals surface area contributed by atoms with E-state index in [0.29, 0.717) is 30.8 Å². The summed E-state index contributed by atoms with van der Waals surface area (Å²) in [6.45, 7) is 7.08. The van der Waals surface area contributed by atoms with Gasteiger partial charge in [0.15, 0.2) is 0 Å². The van der Waals surface area contributed by atoms with Gasteiger partial charge in [-0.3, -0.25) is 14.3 Å². The monoisotopic (exact) mass is 384 g/mol. The molecule has 0 saturated carbocycles. The number of rotatable bonds is 5. The molecule has 2 amide bonds. The highest BCUT2D eigenvalue weighted by Crippen LogP contribution is 2.32. The molecule has 2 atom stereocenters. The van der Waals surface area contributed by atoms with Crippen molar-refractivity contribution >= 4 is 11.8 Å². The van der Waals surface area contributed by atoms with E-state index in [0.717, 1.165) is 16.8 Å². The van der Waals surface area contributed by atoms with Crippen LogP contribution in [-0.2, 0) is 24.2 Å². The van der Waals surface area contributed by atoms with Crippen LogP contribution in [0.25, 0.3) is 0 Å². The Morgan fingerprint density at radius 1 is 1.29 bits per heavy atom. The third-order valence-electron chi connectivity index (χ3n) is 5.11. The van der Waals surface area contributed by atoms with Gasteiger partial charge < -0.3 is 15.0 Å². The van der Waals surface area contributed by atoms with Crippen molar-refractivity contribution in [3.63, 3.8) is 0 Å². The van der Waals surface area contributed by atoms with Crippen LogP contribution in [0.3, 0.4) is 0 Å². The Balaban J connectivity index is 1.83. The molecule has 1 N–H and O–H groups in total. The first-order valence-electron chi connectivity index (χ1n) is 9.67. The zero-order chi connectivity index (χ0) is 20.4. The molecule has 0 aliphatic carbocycles. The molecule has 3 rings (SSSR count). The summed E-state index contributed by atoms with van der Waals surface area (Å²) >= 11 is 0. The van der Waals surface area contributed by atoms with Crippen LogP contribution in [0.2, 0.25) is 0 Å². The van der Waals surface area contributed by atoms with Gasteiger partial charge in [-0.25, -0.2) is 0 Å². The predicted octanol–water partition coefficient (Wildman–Crippen LogP) is 2.56. The maximum Gasteiger partial charge on any atom is 0.272 e. The highest BCUT2D eigenvalue weighted by Gasteiger charge is 2.32. The second kappa shape index (κ2) is 8.14. The van der Waals surface area contributed by atoms with Crippen LogP contribution in [0.15, 0.2) is 24.3 Å². The molecule has 7 heteroatoms. The molecule has 1 aromatic heterocycles. The molecule has 0 radical (unpaired) electrons. The summed E-state index contributed by atoms with van der Waals surface area (Å²) in [7, 11) is 3.40. The largest absolute Gasteiger partial charge is 0.369 e. The van der Waals surface area contributed by atoms with Crippen LogP contribution >= 0.6 is 0 Å². The lowest BCUT2D eigenvalue weighted by molar-refractivity contribution is -0.00716. The summed E-state index contributed by atoms with van der Waals surface area (Å²) in [6, 6.07) is 7.29. The van der Waals surface area contributed by atoms with Crippen molar-refractivity contribution in [1.82, 2.24) is 20.0 Å². The van der Waals surface area contributed by atoms with Crippen LogP contribution in [0, 0.1) is 0 Å². The number of carbonyl (C=O) groups is 2. The fourth-order valence-corrected chi connectivity index (χ4v) is 3.69. The molecular weight excluding hydrogens is 356 g/mol. The van der Waals surface area contributed by atoms with Crippen molar-refractivity contribution in [2.24, 2.45) is 0 Å². The van der Waals surface area contributed by atoms with E-state index in [2.05, 4.69) is 10.4 Å². The van der Waals surface area contributed by atoms with E-state index in [4.69, 9.17) is 4.74 Å². The number of ether oxygens (including phenoxy) is 1. The molecule has 2 aromatic rings. The third-order valence-corrected chi connectivity index (χ3v) is 5.11. The van der Waals surface area contributed by atoms with Gasteiger partial charge in [0, 0.05) is 44.7 Å². The maximum absolute atomic E-state index is 13.3. The average molecular weight is 384 g/mol. The lowest BCUT2D eigenvalue weighted by Gasteiger charge is -2.25. The van der Waals surface area contributed by atoms with Crippen LogP contribution in [-0.4, -0.2) is 46.7 Å². The van der Waals surface area contributed by atoms with Crippen LogP contribution < -0.4 is 5.32 Å². The quantitative estimate of drug-likeness (QED) is 0.860. The lowest BCUT2D eigenvalue weighted by atomic mass is 9.99. The lowest BCUT2D eigenvalue weighted by Crippen LogP contribution is -2.30. The molecule has 1 aliphatic rings. The second-order valence-corrected chi connectivity index (χ2v) is 7.26. The van der Waals surface area contributed by atoms with Gasteiger partial charge >= 0.3 is 0 Å². The Kier molecular flexibility index (Phi) is 5.84. The number of benzene rings is 1. The number of amides is 2. The number of fused-ring (bicyclic) bond motifs is 1. The first kappa shape index (κ1) is 20.1. The number of hydrogen-bond donors (Lipinski definition) is 1. The van der Waals surface area contributed by atoms with Gasteiger partial charge in [0.1, 0.15) is 5.69 Å². The van der Waals surface area contributed by atoms with E-state index in [9.17, 15) is 9.59 Å². The number of aromatic nitrogens is 2. The van der Waals surface area contributed by atoms with Gasteiger partial charge in [0.2, 0.25) is 0 Å².